The minimum atomic E-state index is 0. The zero-order valence-electron chi connectivity index (χ0n) is 7.14. The Bertz CT molecular complexity index is 208. The van der Waals surface area contributed by atoms with E-state index in [1.807, 2.05) is 32.3 Å². The van der Waals surface area contributed by atoms with Crippen LogP contribution in [-0.4, -0.2) is 14.1 Å². The van der Waals surface area contributed by atoms with Crippen LogP contribution in [0.2, 0.25) is 0 Å². The minimum Gasteiger partial charge on any atom is -0.378 e. The molecule has 1 aromatic carbocycles. The third-order valence-electron chi connectivity index (χ3n) is 1.27. The molecule has 1 rings (SSSR count). The molecule has 0 unspecified atom stereocenters. The smallest absolute Gasteiger partial charge is 0.0360 e. The van der Waals surface area contributed by atoms with Crippen molar-refractivity contribution in [1.82, 2.24) is 0 Å². The number of anilines is 1. The summed E-state index contributed by atoms with van der Waals surface area (Å²) < 4.78 is 0. The molecule has 0 bridgehead atoms. The van der Waals surface area contributed by atoms with E-state index < -0.39 is 0 Å². The van der Waals surface area contributed by atoms with Crippen molar-refractivity contribution in [3.05, 3.63) is 30.3 Å². The third-order valence-corrected chi connectivity index (χ3v) is 1.27. The van der Waals surface area contributed by atoms with Gasteiger partial charge in [0.1, 0.15) is 0 Å². The van der Waals surface area contributed by atoms with Crippen LogP contribution in [0.5, 0.6) is 0 Å². The van der Waals surface area contributed by atoms with E-state index in [1.165, 1.54) is 5.69 Å². The van der Waals surface area contributed by atoms with E-state index in [1.54, 1.807) is 0 Å². The summed E-state index contributed by atoms with van der Waals surface area (Å²) in [7, 11) is 4.07. The van der Waals surface area contributed by atoms with Crippen LogP contribution in [-0.2, 0) is 0 Å². The van der Waals surface area contributed by atoms with Gasteiger partial charge in [-0.15, -0.1) is 12.4 Å². The van der Waals surface area contributed by atoms with Crippen molar-refractivity contribution in [3.63, 3.8) is 0 Å². The van der Waals surface area contributed by atoms with Crippen molar-refractivity contribution < 1.29 is 0 Å². The van der Waals surface area contributed by atoms with Crippen LogP contribution in [0, 0.1) is 10.8 Å². The molecule has 0 aliphatic carbocycles. The minimum absolute atomic E-state index is 0. The number of benzene rings is 1. The zero-order valence-corrected chi connectivity index (χ0v) is 7.95. The van der Waals surface area contributed by atoms with Gasteiger partial charge in [-0.05, 0) is 12.1 Å². The fourth-order valence-corrected chi connectivity index (χ4v) is 0.726. The normalized spacial score (nSPS) is 7.00. The first kappa shape index (κ1) is 13.3. The van der Waals surface area contributed by atoms with E-state index in [-0.39, 0.29) is 12.4 Å². The summed E-state index contributed by atoms with van der Waals surface area (Å²) in [6.45, 7) is 0. The van der Waals surface area contributed by atoms with E-state index in [0.717, 1.165) is 0 Å². The Morgan fingerprint density at radius 1 is 1.00 bits per heavy atom. The molecule has 1 aromatic rings. The summed E-state index contributed by atoms with van der Waals surface area (Å²) in [5.74, 6) is 0. The van der Waals surface area contributed by atoms with E-state index >= 15 is 0 Å². The van der Waals surface area contributed by atoms with Gasteiger partial charge in [0.05, 0.1) is 0 Å². The van der Waals surface area contributed by atoms with Gasteiger partial charge in [-0.2, -0.15) is 0 Å². The van der Waals surface area contributed by atoms with Crippen molar-refractivity contribution in [2.45, 2.75) is 0 Å². The van der Waals surface area contributed by atoms with Crippen LogP contribution >= 0.6 is 12.4 Å². The molecule has 0 aliphatic rings. The lowest BCUT2D eigenvalue weighted by Gasteiger charge is -2.10. The molecule has 0 saturated heterocycles. The first-order chi connectivity index (χ1) is 5.30. The van der Waals surface area contributed by atoms with Crippen LogP contribution in [0.1, 0.15) is 0 Å². The van der Waals surface area contributed by atoms with Gasteiger partial charge in [0.25, 0.3) is 0 Å². The van der Waals surface area contributed by atoms with Gasteiger partial charge in [0.2, 0.25) is 0 Å². The Hall–Kier alpha value is -1.27. The average Bonchev–Trinajstić information content (AvgIpc) is 2.10. The highest BCUT2D eigenvalue weighted by atomic mass is 35.5. The summed E-state index contributed by atoms with van der Waals surface area (Å²) in [4.78, 5) is 2.08. The first-order valence-corrected chi connectivity index (χ1v) is 3.23. The molecule has 3 nitrogen and oxygen atoms in total. The molecule has 0 spiro atoms. The molecule has 0 fully saturated rings. The Morgan fingerprint density at radius 3 is 1.67 bits per heavy atom. The lowest BCUT2D eigenvalue weighted by atomic mass is 10.3. The third kappa shape index (κ3) is 4.53. The van der Waals surface area contributed by atoms with Crippen LogP contribution in [0.15, 0.2) is 30.3 Å². The van der Waals surface area contributed by atoms with E-state index in [2.05, 4.69) is 17.0 Å². The van der Waals surface area contributed by atoms with Crippen molar-refractivity contribution in [2.75, 3.05) is 19.0 Å². The standard InChI is InChI=1S/C8H11N.ClH.N2/c1-9(2)8-6-4-3-5-7-8;;1-2/h3-7H,1-2H3;1H;. The molecule has 4 heteroatoms. The zero-order chi connectivity index (χ0) is 8.69. The highest BCUT2D eigenvalue weighted by Crippen LogP contribution is 2.07. The highest BCUT2D eigenvalue weighted by Gasteiger charge is 1.87. The number of hydrogen-bond acceptors (Lipinski definition) is 3. The highest BCUT2D eigenvalue weighted by molar-refractivity contribution is 5.85. The van der Waals surface area contributed by atoms with Crippen LogP contribution in [0.3, 0.4) is 0 Å². The van der Waals surface area contributed by atoms with Crippen molar-refractivity contribution >= 4 is 18.1 Å². The molecular weight excluding hydrogens is 174 g/mol. The van der Waals surface area contributed by atoms with Gasteiger partial charge in [-0.25, -0.2) is 0 Å². The van der Waals surface area contributed by atoms with Gasteiger partial charge < -0.3 is 4.90 Å². The molecule has 0 amide bonds. The number of para-hydroxylation sites is 1. The monoisotopic (exact) mass is 185 g/mol. The first-order valence-electron chi connectivity index (χ1n) is 3.23. The van der Waals surface area contributed by atoms with Gasteiger partial charge in [-0.3, -0.25) is 0 Å². The second-order valence-corrected chi connectivity index (χ2v) is 2.23. The molecular formula is C8H12ClN3. The van der Waals surface area contributed by atoms with Crippen LogP contribution in [0.25, 0.3) is 0 Å². The van der Waals surface area contributed by atoms with Crippen molar-refractivity contribution in [2.24, 2.45) is 0 Å². The maximum Gasteiger partial charge on any atom is 0.0360 e. The number of nitrogens with zero attached hydrogens (tertiary/aromatic N) is 3. The molecule has 0 saturated carbocycles. The quantitative estimate of drug-likeness (QED) is 0.631. The molecule has 66 valence electrons. The van der Waals surface area contributed by atoms with Gasteiger partial charge >= 0.3 is 0 Å². The summed E-state index contributed by atoms with van der Waals surface area (Å²) in [6.07, 6.45) is 0. The molecule has 0 aromatic heterocycles. The predicted molar refractivity (Wildman–Crippen MR) is 51.5 cm³/mol. The summed E-state index contributed by atoms with van der Waals surface area (Å²) >= 11 is 0. The lowest BCUT2D eigenvalue weighted by molar-refractivity contribution is 1.13. The molecule has 0 atom stereocenters. The maximum absolute atomic E-state index is 6.00. The van der Waals surface area contributed by atoms with Crippen LogP contribution in [0.4, 0.5) is 5.69 Å². The second kappa shape index (κ2) is 7.83. The molecule has 0 aliphatic heterocycles. The SMILES string of the molecule is CN(C)c1ccccc1.Cl.N#N. The summed E-state index contributed by atoms with van der Waals surface area (Å²) in [5, 5.41) is 12.0. The van der Waals surface area contributed by atoms with Crippen LogP contribution < -0.4 is 4.90 Å². The van der Waals surface area contributed by atoms with Gasteiger partial charge in [-0.1, -0.05) is 18.2 Å². The van der Waals surface area contributed by atoms with E-state index in [4.69, 9.17) is 10.8 Å². The number of halogens is 1. The van der Waals surface area contributed by atoms with Crippen molar-refractivity contribution in [3.8, 4) is 0 Å². The topological polar surface area (TPSA) is 50.8 Å². The fourth-order valence-electron chi connectivity index (χ4n) is 0.726. The Balaban J connectivity index is 0. The largest absolute Gasteiger partial charge is 0.378 e. The Kier molecular flexibility index (Phi) is 8.70. The second-order valence-electron chi connectivity index (χ2n) is 2.23. The molecule has 0 heterocycles. The molecule has 0 N–H and O–H groups in total. The van der Waals surface area contributed by atoms with E-state index in [9.17, 15) is 0 Å². The number of rotatable bonds is 1. The predicted octanol–water partition coefficient (Wildman–Crippen LogP) is 2.20. The van der Waals surface area contributed by atoms with Gasteiger partial charge in [0, 0.05) is 30.6 Å². The summed E-state index contributed by atoms with van der Waals surface area (Å²) in [6, 6.07) is 10.3. The number of hydrogen-bond donors (Lipinski definition) is 0. The molecule has 0 radical (unpaired) electrons. The summed E-state index contributed by atoms with van der Waals surface area (Å²) in [5.41, 5.74) is 1.25. The van der Waals surface area contributed by atoms with Crippen molar-refractivity contribution in [1.29, 1.82) is 10.8 Å². The Labute approximate surface area is 78.8 Å². The van der Waals surface area contributed by atoms with E-state index in [0.29, 0.717) is 0 Å². The fraction of sp³-hybridized carbons (Fsp3) is 0.250. The maximum atomic E-state index is 6.00. The Morgan fingerprint density at radius 2 is 1.42 bits per heavy atom. The molecule has 12 heavy (non-hydrogen) atoms. The lowest BCUT2D eigenvalue weighted by Crippen LogP contribution is -2.07. The van der Waals surface area contributed by atoms with Gasteiger partial charge in [0.15, 0.2) is 0 Å². The average molecular weight is 186 g/mol.